The lowest BCUT2D eigenvalue weighted by Crippen LogP contribution is -2.36. The van der Waals surface area contributed by atoms with Crippen LogP contribution in [0.2, 0.25) is 0 Å². The molecule has 0 aromatic heterocycles. The summed E-state index contributed by atoms with van der Waals surface area (Å²) in [5.41, 5.74) is -1.51. The minimum absolute atomic E-state index is 0.140. The number of imide groups is 1. The fourth-order valence-electron chi connectivity index (χ4n) is 2.84. The van der Waals surface area contributed by atoms with Gasteiger partial charge in [-0.25, -0.2) is 4.79 Å². The Bertz CT molecular complexity index is 847. The van der Waals surface area contributed by atoms with E-state index in [1.807, 2.05) is 0 Å². The van der Waals surface area contributed by atoms with Crippen molar-refractivity contribution in [1.29, 1.82) is 0 Å². The predicted molar refractivity (Wildman–Crippen MR) is 109 cm³/mol. The molecule has 0 saturated heterocycles. The maximum absolute atomic E-state index is 13.1. The number of aromatic hydroxyl groups is 1. The maximum atomic E-state index is 13.1. The van der Waals surface area contributed by atoms with Crippen LogP contribution in [0.4, 0.5) is 0 Å². The van der Waals surface area contributed by atoms with Crippen LogP contribution < -0.4 is 4.74 Å². The molecule has 9 nitrogen and oxygen atoms in total. The smallest absolute Gasteiger partial charge is 0.338 e. The van der Waals surface area contributed by atoms with E-state index in [1.165, 1.54) is 36.7 Å². The molecule has 0 aliphatic heterocycles. The van der Waals surface area contributed by atoms with Crippen molar-refractivity contribution < 1.29 is 38.9 Å². The second kappa shape index (κ2) is 9.53. The molecule has 0 bridgehead atoms. The number of phenolic OH excluding ortho intramolecular Hbond substituents is 1. The highest BCUT2D eigenvalue weighted by molar-refractivity contribution is 14.1. The Morgan fingerprint density at radius 3 is 2.34 bits per heavy atom. The molecule has 2 N–H and O–H groups in total. The summed E-state index contributed by atoms with van der Waals surface area (Å²) in [6, 6.07) is 1.05. The largest absolute Gasteiger partial charge is 0.504 e. The molecule has 1 atom stereocenters. The summed E-state index contributed by atoms with van der Waals surface area (Å²) in [6.45, 7) is 0. The van der Waals surface area contributed by atoms with Crippen molar-refractivity contribution in [2.45, 2.75) is 29.8 Å². The molecule has 0 spiro atoms. The number of carbonyl (C=O) groups excluding carboxylic acids is 4. The third kappa shape index (κ3) is 5.04. The molecular formula is C19H22INO8. The van der Waals surface area contributed by atoms with Crippen molar-refractivity contribution in [3.05, 3.63) is 22.8 Å². The lowest BCUT2D eigenvalue weighted by molar-refractivity contribution is -0.127. The quantitative estimate of drug-likeness (QED) is 0.231. The molecule has 1 aromatic rings. The van der Waals surface area contributed by atoms with Crippen molar-refractivity contribution in [2.24, 2.45) is 5.92 Å². The standard InChI is InChI=1S/C19H22INO8/c1-21(12(22)7-6-9-4-5-9)18(26)13-10(19(27)29-3)8-11(28-2)15(23)14(13)16(24)17(20)25/h8-9,17,23,25H,4-7H2,1-3H3. The van der Waals surface area contributed by atoms with Crippen molar-refractivity contribution >= 4 is 46.2 Å². The summed E-state index contributed by atoms with van der Waals surface area (Å²) >= 11 is 1.40. The van der Waals surface area contributed by atoms with E-state index in [9.17, 15) is 29.4 Å². The van der Waals surface area contributed by atoms with Crippen molar-refractivity contribution in [3.63, 3.8) is 0 Å². The van der Waals surface area contributed by atoms with Crippen LogP contribution in [0.15, 0.2) is 6.07 Å². The minimum atomic E-state index is -1.61. The Labute approximate surface area is 181 Å². The molecule has 0 heterocycles. The lowest BCUT2D eigenvalue weighted by atomic mass is 9.94. The van der Waals surface area contributed by atoms with Crippen LogP contribution >= 0.6 is 22.6 Å². The fraction of sp³-hybridized carbons (Fsp3) is 0.474. The van der Waals surface area contributed by atoms with Gasteiger partial charge in [0, 0.05) is 13.5 Å². The van der Waals surface area contributed by atoms with Crippen molar-refractivity contribution in [1.82, 2.24) is 4.90 Å². The van der Waals surface area contributed by atoms with Crippen molar-refractivity contribution in [2.75, 3.05) is 21.3 Å². The first-order chi connectivity index (χ1) is 13.6. The number of Topliss-reactive ketones (excluding diaryl/α,β-unsaturated/α-hetero) is 1. The Morgan fingerprint density at radius 2 is 1.86 bits per heavy atom. The topological polar surface area (TPSA) is 130 Å². The molecular weight excluding hydrogens is 497 g/mol. The van der Waals surface area contributed by atoms with E-state index in [4.69, 9.17) is 4.74 Å². The summed E-state index contributed by atoms with van der Waals surface area (Å²) < 4.78 is 8.05. The van der Waals surface area contributed by atoms with Gasteiger partial charge in [-0.2, -0.15) is 0 Å². The first-order valence-corrected chi connectivity index (χ1v) is 10.1. The Kier molecular flexibility index (Phi) is 7.58. The van der Waals surface area contributed by atoms with E-state index >= 15 is 0 Å². The van der Waals surface area contributed by atoms with Gasteiger partial charge in [-0.05, 0) is 41.0 Å². The average molecular weight is 519 g/mol. The summed E-state index contributed by atoms with van der Waals surface area (Å²) in [6.07, 6.45) is 2.89. The predicted octanol–water partition coefficient (Wildman–Crippen LogP) is 1.91. The van der Waals surface area contributed by atoms with Gasteiger partial charge in [0.25, 0.3) is 5.91 Å². The zero-order chi connectivity index (χ0) is 21.9. The van der Waals surface area contributed by atoms with Gasteiger partial charge in [0.2, 0.25) is 11.7 Å². The number of rotatable bonds is 8. The van der Waals surface area contributed by atoms with Crippen LogP contribution in [-0.4, -0.2) is 64.1 Å². The highest BCUT2D eigenvalue weighted by Gasteiger charge is 2.35. The molecule has 158 valence electrons. The Balaban J connectivity index is 2.59. The Morgan fingerprint density at radius 1 is 1.24 bits per heavy atom. The SMILES string of the molecule is COC(=O)c1cc(OC)c(O)c(C(=O)C(O)I)c1C(=O)N(C)C(=O)CCC1CC1. The van der Waals surface area contributed by atoms with Crippen molar-refractivity contribution in [3.8, 4) is 11.5 Å². The number of benzene rings is 1. The molecule has 1 aromatic carbocycles. The van der Waals surface area contributed by atoms with Gasteiger partial charge < -0.3 is 19.7 Å². The normalized spacial score (nSPS) is 14.1. The van der Waals surface area contributed by atoms with Gasteiger partial charge in [0.1, 0.15) is 0 Å². The zero-order valence-electron chi connectivity index (χ0n) is 16.2. The van der Waals surface area contributed by atoms with Gasteiger partial charge in [0.05, 0.1) is 30.9 Å². The number of nitrogens with zero attached hydrogens (tertiary/aromatic N) is 1. The van der Waals surface area contributed by atoms with Gasteiger partial charge in [-0.3, -0.25) is 19.3 Å². The van der Waals surface area contributed by atoms with E-state index in [0.29, 0.717) is 12.3 Å². The molecule has 1 saturated carbocycles. The second-order valence-corrected chi connectivity index (χ2v) is 7.84. The number of hydrogen-bond acceptors (Lipinski definition) is 8. The monoisotopic (exact) mass is 519 g/mol. The number of halogens is 1. The first kappa shape index (κ1) is 23.1. The van der Waals surface area contributed by atoms with Crippen LogP contribution in [0.25, 0.3) is 0 Å². The van der Waals surface area contributed by atoms with E-state index in [1.54, 1.807) is 0 Å². The van der Waals surface area contributed by atoms with Gasteiger partial charge in [-0.1, -0.05) is 12.8 Å². The average Bonchev–Trinajstić information content (AvgIpc) is 3.53. The molecule has 2 amide bonds. The van der Waals surface area contributed by atoms with E-state index < -0.39 is 44.6 Å². The number of aliphatic hydroxyl groups excluding tert-OH is 1. The second-order valence-electron chi connectivity index (χ2n) is 6.66. The van der Waals surface area contributed by atoms with E-state index in [-0.39, 0.29) is 17.7 Å². The number of ketones is 1. The highest BCUT2D eigenvalue weighted by Crippen LogP contribution is 2.38. The summed E-state index contributed by atoms with van der Waals surface area (Å²) in [5.74, 6) is -3.94. The molecule has 1 fully saturated rings. The summed E-state index contributed by atoms with van der Waals surface area (Å²) in [7, 11) is 3.50. The molecule has 10 heteroatoms. The van der Waals surface area contributed by atoms with Crippen LogP contribution in [-0.2, 0) is 9.53 Å². The molecule has 2 rings (SSSR count). The molecule has 29 heavy (non-hydrogen) atoms. The fourth-order valence-corrected chi connectivity index (χ4v) is 3.15. The number of carbonyl (C=O) groups is 4. The van der Waals surface area contributed by atoms with Crippen LogP contribution in [0.5, 0.6) is 11.5 Å². The van der Waals surface area contributed by atoms with Crippen LogP contribution in [0, 0.1) is 5.92 Å². The van der Waals surface area contributed by atoms with Crippen LogP contribution in [0.3, 0.4) is 0 Å². The number of methoxy groups -OCH3 is 2. The number of esters is 1. The lowest BCUT2D eigenvalue weighted by Gasteiger charge is -2.21. The minimum Gasteiger partial charge on any atom is -0.504 e. The van der Waals surface area contributed by atoms with E-state index in [2.05, 4.69) is 4.74 Å². The first-order valence-electron chi connectivity index (χ1n) is 8.83. The third-order valence-corrected chi connectivity index (χ3v) is 5.27. The van der Waals surface area contributed by atoms with Gasteiger partial charge >= 0.3 is 5.97 Å². The summed E-state index contributed by atoms with van der Waals surface area (Å²) in [4.78, 5) is 51.2. The number of hydrogen-bond donors (Lipinski definition) is 2. The molecule has 1 aliphatic carbocycles. The number of amides is 2. The molecule has 1 aliphatic rings. The zero-order valence-corrected chi connectivity index (χ0v) is 18.4. The third-order valence-electron chi connectivity index (χ3n) is 4.71. The number of phenols is 1. The number of ether oxygens (including phenoxy) is 2. The van der Waals surface area contributed by atoms with Crippen LogP contribution in [0.1, 0.15) is 56.8 Å². The molecule has 0 radical (unpaired) electrons. The number of aliphatic hydroxyl groups is 1. The highest BCUT2D eigenvalue weighted by atomic mass is 127. The summed E-state index contributed by atoms with van der Waals surface area (Å²) in [5, 5.41) is 20.2. The molecule has 1 unspecified atom stereocenters. The maximum Gasteiger partial charge on any atom is 0.338 e. The Hall–Kier alpha value is -2.21. The van der Waals surface area contributed by atoms with Gasteiger partial charge in [0.15, 0.2) is 15.6 Å². The number of alkyl halides is 1. The van der Waals surface area contributed by atoms with Gasteiger partial charge in [-0.15, -0.1) is 0 Å². The van der Waals surface area contributed by atoms with E-state index in [0.717, 1.165) is 30.9 Å².